The van der Waals surface area contributed by atoms with Crippen molar-refractivity contribution in [2.24, 2.45) is 5.73 Å². The Kier molecular flexibility index (Phi) is 3.09. The third-order valence-electron chi connectivity index (χ3n) is 2.76. The van der Waals surface area contributed by atoms with Crippen LogP contribution in [0.4, 0.5) is 4.39 Å². The van der Waals surface area contributed by atoms with Gasteiger partial charge < -0.3 is 20.7 Å². The van der Waals surface area contributed by atoms with Crippen molar-refractivity contribution < 1.29 is 19.3 Å². The van der Waals surface area contributed by atoms with E-state index in [1.807, 2.05) is 0 Å². The van der Waals surface area contributed by atoms with Gasteiger partial charge in [-0.05, 0) is 12.1 Å². The fourth-order valence-electron chi connectivity index (χ4n) is 1.85. The molecule has 0 unspecified atom stereocenters. The van der Waals surface area contributed by atoms with Crippen molar-refractivity contribution in [2.75, 3.05) is 0 Å². The minimum atomic E-state index is -1.03. The van der Waals surface area contributed by atoms with Crippen LogP contribution in [0.15, 0.2) is 24.3 Å². The van der Waals surface area contributed by atoms with Gasteiger partial charge in [-0.3, -0.25) is 0 Å². The average molecular weight is 227 g/mol. The smallest absolute Gasteiger partial charge is 0.129 e. The summed E-state index contributed by atoms with van der Waals surface area (Å²) < 4.78 is 18.3. The number of halogens is 1. The average Bonchev–Trinajstić information content (AvgIpc) is 2.47. The Balaban J connectivity index is 2.06. The van der Waals surface area contributed by atoms with Crippen LogP contribution in [0.2, 0.25) is 0 Å². The number of aliphatic hydroxyl groups is 2. The molecule has 0 amide bonds. The van der Waals surface area contributed by atoms with Gasteiger partial charge in [0, 0.05) is 18.5 Å². The van der Waals surface area contributed by atoms with Crippen LogP contribution in [0.25, 0.3) is 0 Å². The van der Waals surface area contributed by atoms with Gasteiger partial charge in [0.2, 0.25) is 0 Å². The molecule has 0 heterocycles. The number of rotatable bonds is 2. The number of nitrogens with two attached hydrogens (primary N) is 1. The van der Waals surface area contributed by atoms with E-state index < -0.39 is 30.2 Å². The van der Waals surface area contributed by atoms with Crippen molar-refractivity contribution in [3.63, 3.8) is 0 Å². The van der Waals surface area contributed by atoms with Gasteiger partial charge in [-0.2, -0.15) is 0 Å². The maximum atomic E-state index is 12.9. The summed E-state index contributed by atoms with van der Waals surface area (Å²) in [5.41, 5.74) is 5.58. The summed E-state index contributed by atoms with van der Waals surface area (Å²) >= 11 is 0. The van der Waals surface area contributed by atoms with E-state index in [0.717, 1.165) is 0 Å². The van der Waals surface area contributed by atoms with E-state index in [1.165, 1.54) is 18.2 Å². The molecule has 0 radical (unpaired) electrons. The lowest BCUT2D eigenvalue weighted by atomic mass is 10.2. The molecule has 5 heteroatoms. The summed E-state index contributed by atoms with van der Waals surface area (Å²) in [6, 6.07) is 5.13. The minimum absolute atomic E-state index is 0.324. The molecule has 1 saturated carbocycles. The molecule has 0 bridgehead atoms. The normalized spacial score (nSPS) is 34.0. The van der Waals surface area contributed by atoms with Crippen molar-refractivity contribution in [1.29, 1.82) is 0 Å². The van der Waals surface area contributed by atoms with E-state index in [4.69, 9.17) is 10.5 Å². The van der Waals surface area contributed by atoms with Gasteiger partial charge in [-0.15, -0.1) is 0 Å². The summed E-state index contributed by atoms with van der Waals surface area (Å²) in [7, 11) is 0. The van der Waals surface area contributed by atoms with Crippen molar-refractivity contribution >= 4 is 0 Å². The summed E-state index contributed by atoms with van der Waals surface area (Å²) in [6.45, 7) is 0. The van der Waals surface area contributed by atoms with Gasteiger partial charge in [0.15, 0.2) is 0 Å². The maximum Gasteiger partial charge on any atom is 0.129 e. The first kappa shape index (κ1) is 11.3. The molecule has 0 aliphatic heterocycles. The quantitative estimate of drug-likeness (QED) is 0.666. The van der Waals surface area contributed by atoms with Crippen molar-refractivity contribution in [2.45, 2.75) is 30.8 Å². The lowest BCUT2D eigenvalue weighted by molar-refractivity contribution is -0.0116. The zero-order valence-corrected chi connectivity index (χ0v) is 8.58. The second-order valence-corrected chi connectivity index (χ2v) is 3.99. The third kappa shape index (κ3) is 2.16. The van der Waals surface area contributed by atoms with Crippen LogP contribution in [0.5, 0.6) is 5.75 Å². The van der Waals surface area contributed by atoms with Crippen LogP contribution in [-0.2, 0) is 0 Å². The Morgan fingerprint density at radius 3 is 2.62 bits per heavy atom. The molecule has 0 saturated heterocycles. The second-order valence-electron chi connectivity index (χ2n) is 3.99. The molecule has 2 rings (SSSR count). The van der Waals surface area contributed by atoms with E-state index in [0.29, 0.717) is 12.2 Å². The summed E-state index contributed by atoms with van der Waals surface area (Å²) in [4.78, 5) is 0. The molecule has 4 atom stereocenters. The molecule has 0 aromatic heterocycles. The highest BCUT2D eigenvalue weighted by Crippen LogP contribution is 2.24. The zero-order chi connectivity index (χ0) is 11.7. The third-order valence-corrected chi connectivity index (χ3v) is 2.76. The number of aliphatic hydroxyl groups excluding tert-OH is 2. The monoisotopic (exact) mass is 227 g/mol. The molecule has 1 aromatic rings. The molecule has 0 spiro atoms. The fourth-order valence-corrected chi connectivity index (χ4v) is 1.85. The molecule has 4 nitrogen and oxygen atoms in total. The number of ether oxygens (including phenoxy) is 1. The van der Waals surface area contributed by atoms with Gasteiger partial charge in [0.05, 0.1) is 6.10 Å². The highest BCUT2D eigenvalue weighted by Gasteiger charge is 2.41. The van der Waals surface area contributed by atoms with Crippen LogP contribution in [-0.4, -0.2) is 34.6 Å². The molecule has 4 N–H and O–H groups in total. The van der Waals surface area contributed by atoms with E-state index >= 15 is 0 Å². The Bertz CT molecular complexity index is 374. The van der Waals surface area contributed by atoms with E-state index in [-0.39, 0.29) is 0 Å². The maximum absolute atomic E-state index is 12.9. The lowest BCUT2D eigenvalue weighted by Gasteiger charge is -2.18. The molecular formula is C11H14FNO3. The van der Waals surface area contributed by atoms with E-state index in [9.17, 15) is 14.6 Å². The number of benzene rings is 1. The summed E-state index contributed by atoms with van der Waals surface area (Å²) in [5, 5.41) is 19.0. The van der Waals surface area contributed by atoms with Gasteiger partial charge in [-0.25, -0.2) is 4.39 Å². The Hall–Kier alpha value is -1.17. The van der Waals surface area contributed by atoms with E-state index in [2.05, 4.69) is 0 Å². The molecular weight excluding hydrogens is 213 g/mol. The van der Waals surface area contributed by atoms with Gasteiger partial charge in [0.1, 0.15) is 23.8 Å². The lowest BCUT2D eigenvalue weighted by Crippen LogP contribution is -2.37. The Labute approximate surface area is 92.5 Å². The van der Waals surface area contributed by atoms with Crippen LogP contribution >= 0.6 is 0 Å². The number of hydrogen-bond donors (Lipinski definition) is 3. The summed E-state index contributed by atoms with van der Waals surface area (Å²) in [6.07, 6.45) is -2.26. The molecule has 1 aromatic carbocycles. The van der Waals surface area contributed by atoms with Gasteiger partial charge >= 0.3 is 0 Å². The van der Waals surface area contributed by atoms with Gasteiger partial charge in [-0.1, -0.05) is 6.07 Å². The first-order chi connectivity index (χ1) is 7.58. The Morgan fingerprint density at radius 2 is 2.06 bits per heavy atom. The predicted octanol–water partition coefficient (Wildman–Crippen LogP) is 0.0259. The van der Waals surface area contributed by atoms with Crippen molar-refractivity contribution in [3.8, 4) is 5.75 Å². The topological polar surface area (TPSA) is 75.7 Å². The second kappa shape index (κ2) is 4.37. The van der Waals surface area contributed by atoms with Crippen LogP contribution in [0.1, 0.15) is 6.42 Å². The van der Waals surface area contributed by atoms with Gasteiger partial charge in [0.25, 0.3) is 0 Å². The minimum Gasteiger partial charge on any atom is -0.487 e. The van der Waals surface area contributed by atoms with Crippen LogP contribution in [0, 0.1) is 5.82 Å². The van der Waals surface area contributed by atoms with Crippen LogP contribution in [0.3, 0.4) is 0 Å². The first-order valence-corrected chi connectivity index (χ1v) is 5.12. The molecule has 1 aliphatic carbocycles. The summed E-state index contributed by atoms with van der Waals surface area (Å²) in [5.74, 6) is -0.0832. The largest absolute Gasteiger partial charge is 0.487 e. The highest BCUT2D eigenvalue weighted by atomic mass is 19.1. The van der Waals surface area contributed by atoms with E-state index in [1.54, 1.807) is 6.07 Å². The van der Waals surface area contributed by atoms with Crippen LogP contribution < -0.4 is 10.5 Å². The van der Waals surface area contributed by atoms with Crippen molar-refractivity contribution in [3.05, 3.63) is 30.1 Å². The SMILES string of the molecule is N[C@@H]1C[C@@H](Oc2cccc(F)c2)[C@H](O)[C@H]1O. The fraction of sp³-hybridized carbons (Fsp3) is 0.455. The molecule has 88 valence electrons. The molecule has 1 fully saturated rings. The highest BCUT2D eigenvalue weighted by molar-refractivity contribution is 5.23. The number of hydrogen-bond acceptors (Lipinski definition) is 4. The van der Waals surface area contributed by atoms with Crippen molar-refractivity contribution in [1.82, 2.24) is 0 Å². The molecule has 1 aliphatic rings. The first-order valence-electron chi connectivity index (χ1n) is 5.12. The zero-order valence-electron chi connectivity index (χ0n) is 8.58. The standard InChI is InChI=1S/C11H14FNO3/c12-6-2-1-3-7(4-6)16-9-5-8(13)10(14)11(9)15/h1-4,8-11,14-15H,5,13H2/t8-,9-,10+,11+/m1/s1. The predicted molar refractivity (Wildman–Crippen MR) is 55.4 cm³/mol. The molecule has 16 heavy (non-hydrogen) atoms. The Morgan fingerprint density at radius 1 is 1.31 bits per heavy atom.